The maximum absolute atomic E-state index is 11.5. The molecule has 0 fully saturated rings. The van der Waals surface area contributed by atoms with Crippen LogP contribution in [0, 0.1) is 6.92 Å². The van der Waals surface area contributed by atoms with Gasteiger partial charge in [0.05, 0.1) is 4.75 Å². The minimum Gasteiger partial charge on any atom is -0.259 e. The van der Waals surface area contributed by atoms with Gasteiger partial charge in [-0.2, -0.15) is 0 Å². The van der Waals surface area contributed by atoms with Gasteiger partial charge in [-0.05, 0) is 26.3 Å². The first kappa shape index (κ1) is 10.5. The molecule has 1 nitrogen and oxygen atoms in total. The predicted molar refractivity (Wildman–Crippen MR) is 58.3 cm³/mol. The Kier molecular flexibility index (Phi) is 2.91. The van der Waals surface area contributed by atoms with Gasteiger partial charge in [-0.3, -0.25) is 4.21 Å². The zero-order chi connectivity index (χ0) is 10.1. The third-order valence-electron chi connectivity index (χ3n) is 2.43. The molecule has 0 heterocycles. The monoisotopic (exact) mass is 196 g/mol. The quantitative estimate of drug-likeness (QED) is 0.710. The number of hydrogen-bond donors (Lipinski definition) is 0. The van der Waals surface area contributed by atoms with Crippen molar-refractivity contribution in [2.75, 3.05) is 6.26 Å². The highest BCUT2D eigenvalue weighted by molar-refractivity contribution is 7.85. The lowest BCUT2D eigenvalue weighted by molar-refractivity contribution is 0.647. The van der Waals surface area contributed by atoms with Gasteiger partial charge in [0.1, 0.15) is 0 Å². The van der Waals surface area contributed by atoms with Gasteiger partial charge >= 0.3 is 0 Å². The minimum absolute atomic E-state index is 0.244. The fraction of sp³-hybridized carbons (Fsp3) is 0.455. The molecule has 0 spiro atoms. The molecule has 0 bridgehead atoms. The zero-order valence-corrected chi connectivity index (χ0v) is 9.44. The summed E-state index contributed by atoms with van der Waals surface area (Å²) in [5.74, 6) is 0. The third-order valence-corrected chi connectivity index (χ3v) is 4.10. The summed E-state index contributed by atoms with van der Waals surface area (Å²) >= 11 is 0. The van der Waals surface area contributed by atoms with Gasteiger partial charge in [-0.15, -0.1) is 0 Å². The molecular formula is C11H16OS. The summed E-state index contributed by atoms with van der Waals surface area (Å²) in [6.45, 7) is 6.08. The van der Waals surface area contributed by atoms with Crippen LogP contribution in [0.15, 0.2) is 24.3 Å². The van der Waals surface area contributed by atoms with E-state index < -0.39 is 10.8 Å². The van der Waals surface area contributed by atoms with E-state index in [9.17, 15) is 4.21 Å². The molecule has 0 aromatic heterocycles. The molecule has 1 unspecified atom stereocenters. The van der Waals surface area contributed by atoms with E-state index in [0.29, 0.717) is 0 Å². The molecule has 0 aliphatic rings. The number of aryl methyl sites for hydroxylation is 1. The second kappa shape index (κ2) is 3.62. The largest absolute Gasteiger partial charge is 0.259 e. The van der Waals surface area contributed by atoms with Crippen molar-refractivity contribution >= 4 is 10.8 Å². The Labute approximate surface area is 82.6 Å². The average molecular weight is 196 g/mol. The topological polar surface area (TPSA) is 17.1 Å². The van der Waals surface area contributed by atoms with Gasteiger partial charge in [0.15, 0.2) is 0 Å². The van der Waals surface area contributed by atoms with Gasteiger partial charge in [-0.1, -0.05) is 29.8 Å². The van der Waals surface area contributed by atoms with Crippen molar-refractivity contribution in [1.82, 2.24) is 0 Å². The van der Waals surface area contributed by atoms with Crippen molar-refractivity contribution in [2.45, 2.75) is 25.5 Å². The molecular weight excluding hydrogens is 180 g/mol. The molecule has 0 saturated heterocycles. The van der Waals surface area contributed by atoms with Crippen LogP contribution >= 0.6 is 0 Å². The van der Waals surface area contributed by atoms with Crippen LogP contribution in [-0.4, -0.2) is 10.5 Å². The first-order valence-corrected chi connectivity index (χ1v) is 5.91. The molecule has 2 heteroatoms. The molecule has 0 radical (unpaired) electrons. The van der Waals surface area contributed by atoms with Gasteiger partial charge in [0.2, 0.25) is 0 Å². The summed E-state index contributed by atoms with van der Waals surface area (Å²) in [6, 6.07) is 8.20. The highest BCUT2D eigenvalue weighted by atomic mass is 32.2. The lowest BCUT2D eigenvalue weighted by Crippen LogP contribution is -2.22. The second-order valence-electron chi connectivity index (χ2n) is 3.83. The Morgan fingerprint density at radius 2 is 1.92 bits per heavy atom. The van der Waals surface area contributed by atoms with Crippen molar-refractivity contribution in [3.05, 3.63) is 35.4 Å². The fourth-order valence-corrected chi connectivity index (χ4v) is 1.64. The number of benzene rings is 1. The number of hydrogen-bond acceptors (Lipinski definition) is 1. The summed E-state index contributed by atoms with van der Waals surface area (Å²) in [5.41, 5.74) is 2.37. The standard InChI is InChI=1S/C11H16OS/c1-9-6-5-7-10(8-9)11(2,3)13(4)12/h5-8H,1-4H3. The fourth-order valence-electron chi connectivity index (χ4n) is 1.19. The maximum atomic E-state index is 11.5. The molecule has 0 aliphatic carbocycles. The van der Waals surface area contributed by atoms with E-state index in [1.54, 1.807) is 6.26 Å². The van der Waals surface area contributed by atoms with E-state index in [1.165, 1.54) is 5.56 Å². The Balaban J connectivity index is 3.14. The molecule has 1 atom stereocenters. The summed E-state index contributed by atoms with van der Waals surface area (Å²) in [6.07, 6.45) is 1.75. The molecule has 1 aromatic carbocycles. The summed E-state index contributed by atoms with van der Waals surface area (Å²) in [7, 11) is -0.835. The van der Waals surface area contributed by atoms with Crippen molar-refractivity contribution in [3.63, 3.8) is 0 Å². The zero-order valence-electron chi connectivity index (χ0n) is 8.63. The van der Waals surface area contributed by atoms with Crippen molar-refractivity contribution in [1.29, 1.82) is 0 Å². The molecule has 0 saturated carbocycles. The van der Waals surface area contributed by atoms with Crippen LogP contribution < -0.4 is 0 Å². The highest BCUT2D eigenvalue weighted by Gasteiger charge is 2.24. The first-order chi connectivity index (χ1) is 5.94. The van der Waals surface area contributed by atoms with E-state index >= 15 is 0 Å². The molecule has 0 N–H and O–H groups in total. The molecule has 13 heavy (non-hydrogen) atoms. The SMILES string of the molecule is Cc1cccc(C(C)(C)S(C)=O)c1. The van der Waals surface area contributed by atoms with Gasteiger partial charge in [0.25, 0.3) is 0 Å². The molecule has 1 rings (SSSR count). The average Bonchev–Trinajstić information content (AvgIpc) is 2.04. The molecule has 0 aliphatic heterocycles. The van der Waals surface area contributed by atoms with E-state index in [-0.39, 0.29) is 4.75 Å². The van der Waals surface area contributed by atoms with Crippen LogP contribution in [-0.2, 0) is 15.5 Å². The van der Waals surface area contributed by atoms with E-state index in [2.05, 4.69) is 19.1 Å². The minimum atomic E-state index is -0.835. The van der Waals surface area contributed by atoms with Gasteiger partial charge in [-0.25, -0.2) is 0 Å². The van der Waals surface area contributed by atoms with E-state index in [0.717, 1.165) is 5.56 Å². The summed E-state index contributed by atoms with van der Waals surface area (Å²) in [5, 5.41) is 0. The van der Waals surface area contributed by atoms with Crippen molar-refractivity contribution in [2.24, 2.45) is 0 Å². The molecule has 72 valence electrons. The smallest absolute Gasteiger partial charge is 0.0648 e. The van der Waals surface area contributed by atoms with Crippen molar-refractivity contribution < 1.29 is 4.21 Å². The van der Waals surface area contributed by atoms with Crippen molar-refractivity contribution in [3.8, 4) is 0 Å². The maximum Gasteiger partial charge on any atom is 0.0648 e. The third kappa shape index (κ3) is 2.19. The highest BCUT2D eigenvalue weighted by Crippen LogP contribution is 2.26. The molecule has 0 amide bonds. The Morgan fingerprint density at radius 1 is 1.31 bits per heavy atom. The lowest BCUT2D eigenvalue weighted by Gasteiger charge is -2.22. The first-order valence-electron chi connectivity index (χ1n) is 4.35. The van der Waals surface area contributed by atoms with E-state index in [4.69, 9.17) is 0 Å². The van der Waals surface area contributed by atoms with Crippen LogP contribution in [0.5, 0.6) is 0 Å². The van der Waals surface area contributed by atoms with Gasteiger partial charge in [0, 0.05) is 17.1 Å². The lowest BCUT2D eigenvalue weighted by atomic mass is 10.0. The predicted octanol–water partition coefficient (Wildman–Crippen LogP) is 2.61. The van der Waals surface area contributed by atoms with E-state index in [1.807, 2.05) is 26.0 Å². The van der Waals surface area contributed by atoms with Gasteiger partial charge < -0.3 is 0 Å². The van der Waals surface area contributed by atoms with Crippen LogP contribution in [0.25, 0.3) is 0 Å². The Bertz CT molecular complexity index is 329. The number of rotatable bonds is 2. The van der Waals surface area contributed by atoms with Crippen LogP contribution in [0.1, 0.15) is 25.0 Å². The van der Waals surface area contributed by atoms with Crippen LogP contribution in [0.3, 0.4) is 0 Å². The van der Waals surface area contributed by atoms with Crippen LogP contribution in [0.2, 0.25) is 0 Å². The Hall–Kier alpha value is -0.630. The van der Waals surface area contributed by atoms with Crippen LogP contribution in [0.4, 0.5) is 0 Å². The normalized spacial score (nSPS) is 14.2. The Morgan fingerprint density at radius 3 is 2.38 bits per heavy atom. The molecule has 1 aromatic rings. The summed E-state index contributed by atoms with van der Waals surface area (Å²) < 4.78 is 11.2. The summed E-state index contributed by atoms with van der Waals surface area (Å²) in [4.78, 5) is 0. The second-order valence-corrected chi connectivity index (χ2v) is 5.76.